The van der Waals surface area contributed by atoms with Gasteiger partial charge in [0.1, 0.15) is 29.0 Å². The van der Waals surface area contributed by atoms with E-state index in [4.69, 9.17) is 16.0 Å². The zero-order valence-corrected chi connectivity index (χ0v) is 15.3. The van der Waals surface area contributed by atoms with E-state index in [2.05, 4.69) is 5.32 Å². The highest BCUT2D eigenvalue weighted by Gasteiger charge is 2.16. The van der Waals surface area contributed by atoms with Gasteiger partial charge in [0.15, 0.2) is 0 Å². The third-order valence-electron chi connectivity index (χ3n) is 3.82. The number of nitriles is 1. The Morgan fingerprint density at radius 2 is 1.93 bits per heavy atom. The van der Waals surface area contributed by atoms with E-state index in [1.54, 1.807) is 42.5 Å². The maximum Gasteiger partial charge on any atom is 0.271 e. The second kappa shape index (κ2) is 8.37. The summed E-state index contributed by atoms with van der Waals surface area (Å²) in [6.07, 6.45) is 1.18. The first-order valence-electron chi connectivity index (χ1n) is 8.10. The van der Waals surface area contributed by atoms with Gasteiger partial charge in [-0.2, -0.15) is 5.26 Å². The molecule has 144 valence electrons. The van der Waals surface area contributed by atoms with Crippen molar-refractivity contribution in [1.82, 2.24) is 0 Å². The van der Waals surface area contributed by atoms with E-state index >= 15 is 0 Å². The Morgan fingerprint density at radius 3 is 2.59 bits per heavy atom. The molecule has 0 fully saturated rings. The molecule has 0 spiro atoms. The summed E-state index contributed by atoms with van der Waals surface area (Å²) in [6, 6.07) is 14.5. The Morgan fingerprint density at radius 1 is 1.21 bits per heavy atom. The van der Waals surface area contributed by atoms with E-state index in [0.717, 1.165) is 23.8 Å². The Labute approximate surface area is 168 Å². The van der Waals surface area contributed by atoms with Crippen LogP contribution in [0.25, 0.3) is 17.4 Å². The van der Waals surface area contributed by atoms with Gasteiger partial charge in [-0.25, -0.2) is 4.39 Å². The molecule has 0 radical (unpaired) electrons. The lowest BCUT2D eigenvalue weighted by atomic mass is 10.2. The second-order valence-corrected chi connectivity index (χ2v) is 6.19. The van der Waals surface area contributed by atoms with E-state index in [-0.39, 0.29) is 11.3 Å². The average molecular weight is 412 g/mol. The first-order chi connectivity index (χ1) is 13.9. The average Bonchev–Trinajstić information content (AvgIpc) is 3.16. The highest BCUT2D eigenvalue weighted by Crippen LogP contribution is 2.25. The number of nitro groups is 1. The van der Waals surface area contributed by atoms with Crippen LogP contribution in [0.2, 0.25) is 5.02 Å². The summed E-state index contributed by atoms with van der Waals surface area (Å²) in [5.41, 5.74) is -0.432. The van der Waals surface area contributed by atoms with Gasteiger partial charge in [-0.3, -0.25) is 14.9 Å². The molecule has 9 heteroatoms. The van der Waals surface area contributed by atoms with E-state index in [9.17, 15) is 24.6 Å². The lowest BCUT2D eigenvalue weighted by Crippen LogP contribution is -2.14. The van der Waals surface area contributed by atoms with Crippen molar-refractivity contribution in [1.29, 1.82) is 5.26 Å². The Kier molecular flexibility index (Phi) is 5.71. The van der Waals surface area contributed by atoms with Crippen LogP contribution in [-0.4, -0.2) is 10.8 Å². The van der Waals surface area contributed by atoms with Crippen LogP contribution in [0.4, 0.5) is 15.8 Å². The quantitative estimate of drug-likeness (QED) is 0.269. The molecule has 7 nitrogen and oxygen atoms in total. The van der Waals surface area contributed by atoms with E-state index in [0.29, 0.717) is 10.8 Å². The van der Waals surface area contributed by atoms with E-state index in [1.807, 2.05) is 0 Å². The summed E-state index contributed by atoms with van der Waals surface area (Å²) in [6.45, 7) is 0. The van der Waals surface area contributed by atoms with Crippen molar-refractivity contribution >= 4 is 35.0 Å². The number of nitrogens with one attached hydrogen (secondary N) is 1. The smallest absolute Gasteiger partial charge is 0.271 e. The molecule has 0 aliphatic carbocycles. The Balaban J connectivity index is 1.83. The van der Waals surface area contributed by atoms with Crippen molar-refractivity contribution in [2.45, 2.75) is 0 Å². The fourth-order valence-corrected chi connectivity index (χ4v) is 2.53. The first kappa shape index (κ1) is 19.8. The zero-order chi connectivity index (χ0) is 21.0. The third kappa shape index (κ3) is 4.66. The molecule has 0 aliphatic rings. The molecular weight excluding hydrogens is 401 g/mol. The molecule has 0 saturated heterocycles. The first-order valence-corrected chi connectivity index (χ1v) is 8.48. The monoisotopic (exact) mass is 411 g/mol. The van der Waals surface area contributed by atoms with Crippen molar-refractivity contribution in [3.63, 3.8) is 0 Å². The Hall–Kier alpha value is -3.96. The lowest BCUT2D eigenvalue weighted by molar-refractivity contribution is -0.384. The second-order valence-electron chi connectivity index (χ2n) is 5.75. The number of halogens is 2. The topological polar surface area (TPSA) is 109 Å². The van der Waals surface area contributed by atoms with Crippen LogP contribution >= 0.6 is 11.6 Å². The number of amides is 1. The van der Waals surface area contributed by atoms with Gasteiger partial charge in [-0.1, -0.05) is 11.6 Å². The number of nitrogens with zero attached hydrogens (tertiary/aromatic N) is 2. The van der Waals surface area contributed by atoms with Gasteiger partial charge in [0, 0.05) is 28.8 Å². The number of carbonyl (C=O) groups is 1. The van der Waals surface area contributed by atoms with Gasteiger partial charge in [0.2, 0.25) is 0 Å². The van der Waals surface area contributed by atoms with Crippen molar-refractivity contribution in [3.8, 4) is 17.4 Å². The van der Waals surface area contributed by atoms with Crippen LogP contribution in [0, 0.1) is 27.3 Å². The van der Waals surface area contributed by atoms with Crippen molar-refractivity contribution < 1.29 is 18.5 Å². The van der Waals surface area contributed by atoms with Crippen LogP contribution in [0.15, 0.2) is 64.6 Å². The number of non-ortho nitro benzene ring substituents is 1. The van der Waals surface area contributed by atoms with Gasteiger partial charge >= 0.3 is 0 Å². The SMILES string of the molecule is N#CC(=Cc1ccc(-c2ccc(Cl)cc2)o1)C(=O)Nc1cc([N+](=O)[O-])ccc1F. The predicted molar refractivity (Wildman–Crippen MR) is 104 cm³/mol. The van der Waals surface area contributed by atoms with Gasteiger partial charge in [0.25, 0.3) is 11.6 Å². The largest absolute Gasteiger partial charge is 0.457 e. The summed E-state index contributed by atoms with van der Waals surface area (Å²) < 4.78 is 19.4. The number of hydrogen-bond acceptors (Lipinski definition) is 5. The normalized spacial score (nSPS) is 11.0. The Bertz CT molecular complexity index is 1160. The number of nitro benzene ring substituents is 1. The van der Waals surface area contributed by atoms with Crippen LogP contribution in [0.3, 0.4) is 0 Å². The van der Waals surface area contributed by atoms with Gasteiger partial charge in [0.05, 0.1) is 10.6 Å². The number of benzene rings is 2. The maximum atomic E-state index is 13.8. The minimum absolute atomic E-state index is 0.223. The van der Waals surface area contributed by atoms with Gasteiger partial charge < -0.3 is 9.73 Å². The molecule has 1 aromatic heterocycles. The van der Waals surface area contributed by atoms with Gasteiger partial charge in [-0.15, -0.1) is 0 Å². The van der Waals surface area contributed by atoms with Crippen LogP contribution in [-0.2, 0) is 4.79 Å². The molecule has 0 atom stereocenters. The number of hydrogen-bond donors (Lipinski definition) is 1. The highest BCUT2D eigenvalue weighted by atomic mass is 35.5. The van der Waals surface area contributed by atoms with Crippen molar-refractivity contribution in [3.05, 3.63) is 86.9 Å². The molecule has 0 bridgehead atoms. The molecule has 0 saturated carbocycles. The third-order valence-corrected chi connectivity index (χ3v) is 4.07. The fourth-order valence-electron chi connectivity index (χ4n) is 2.40. The fraction of sp³-hybridized carbons (Fsp3) is 0. The summed E-state index contributed by atoms with van der Waals surface area (Å²) in [5, 5.41) is 22.8. The minimum atomic E-state index is -0.934. The van der Waals surface area contributed by atoms with E-state index < -0.39 is 28.0 Å². The molecular formula is C20H11ClFN3O4. The molecule has 0 aliphatic heterocycles. The van der Waals surface area contributed by atoms with Crippen LogP contribution in [0.1, 0.15) is 5.76 Å². The standard InChI is InChI=1S/C20H11ClFN3O4/c21-14-3-1-12(2-4-14)19-8-6-16(29-19)9-13(11-23)20(26)24-18-10-15(25(27)28)5-7-17(18)22/h1-10H,(H,24,26). The van der Waals surface area contributed by atoms with E-state index in [1.165, 1.54) is 6.08 Å². The molecule has 3 rings (SSSR count). The zero-order valence-electron chi connectivity index (χ0n) is 14.6. The summed E-state index contributed by atoms with van der Waals surface area (Å²) >= 11 is 5.85. The number of furan rings is 1. The summed E-state index contributed by atoms with van der Waals surface area (Å²) in [4.78, 5) is 22.4. The molecule has 2 aromatic carbocycles. The lowest BCUT2D eigenvalue weighted by Gasteiger charge is -2.05. The number of anilines is 1. The maximum absolute atomic E-state index is 13.8. The minimum Gasteiger partial charge on any atom is -0.457 e. The molecule has 1 amide bonds. The molecule has 29 heavy (non-hydrogen) atoms. The predicted octanol–water partition coefficient (Wildman–Crippen LogP) is 5.19. The number of rotatable bonds is 5. The van der Waals surface area contributed by atoms with Crippen LogP contribution in [0.5, 0.6) is 0 Å². The molecule has 1 N–H and O–H groups in total. The highest BCUT2D eigenvalue weighted by molar-refractivity contribution is 6.30. The van der Waals surface area contributed by atoms with Gasteiger partial charge in [-0.05, 0) is 42.5 Å². The molecule has 1 heterocycles. The molecule has 3 aromatic rings. The van der Waals surface area contributed by atoms with Crippen LogP contribution < -0.4 is 5.32 Å². The summed E-state index contributed by atoms with van der Waals surface area (Å²) in [7, 11) is 0. The van der Waals surface area contributed by atoms with Crippen molar-refractivity contribution in [2.24, 2.45) is 0 Å². The summed E-state index contributed by atoms with van der Waals surface area (Å²) in [5.74, 6) is -1.09. The van der Waals surface area contributed by atoms with Crippen molar-refractivity contribution in [2.75, 3.05) is 5.32 Å². The number of carbonyl (C=O) groups excluding carboxylic acids is 1. The molecule has 0 unspecified atom stereocenters.